The molecule has 0 saturated heterocycles. The number of carbonyl (C=O) groups excluding carboxylic acids is 2. The second kappa shape index (κ2) is 9.01. The Morgan fingerprint density at radius 1 is 1.00 bits per heavy atom. The molecule has 6 nitrogen and oxygen atoms in total. The van der Waals surface area contributed by atoms with E-state index >= 15 is 0 Å². The third-order valence-corrected chi connectivity index (χ3v) is 4.55. The molecule has 1 amide bonds. The fourth-order valence-electron chi connectivity index (χ4n) is 2.85. The van der Waals surface area contributed by atoms with Crippen molar-refractivity contribution in [1.29, 1.82) is 0 Å². The van der Waals surface area contributed by atoms with E-state index in [0.717, 1.165) is 11.3 Å². The van der Waals surface area contributed by atoms with Crippen molar-refractivity contribution in [2.75, 3.05) is 17.2 Å². The first kappa shape index (κ1) is 20.1. The van der Waals surface area contributed by atoms with Crippen molar-refractivity contribution in [2.24, 2.45) is 0 Å². The summed E-state index contributed by atoms with van der Waals surface area (Å²) < 4.78 is 5.05. The lowest BCUT2D eigenvalue weighted by atomic mass is 10.1. The second-order valence-electron chi connectivity index (χ2n) is 6.55. The molecule has 0 bridgehead atoms. The summed E-state index contributed by atoms with van der Waals surface area (Å²) in [6.45, 7) is 6.08. The summed E-state index contributed by atoms with van der Waals surface area (Å²) in [6, 6.07) is 14.5. The molecule has 3 aromatic rings. The van der Waals surface area contributed by atoms with Gasteiger partial charge in [0, 0.05) is 11.9 Å². The minimum atomic E-state index is -0.480. The number of aromatic nitrogens is 1. The number of pyridine rings is 1. The number of aryl methyl sites for hydroxylation is 1. The van der Waals surface area contributed by atoms with Crippen molar-refractivity contribution in [3.05, 3.63) is 83.2 Å². The molecular weight excluding hydrogens is 366 g/mol. The number of benzene rings is 2. The molecular formula is C23H23N3O3. The molecule has 3 rings (SSSR count). The number of rotatable bonds is 6. The highest BCUT2D eigenvalue weighted by Crippen LogP contribution is 2.23. The SMILES string of the molecule is CCOC(=O)c1ccccc1NC(=O)c1cncc(Nc2cccc(C)c2C)c1. The summed E-state index contributed by atoms with van der Waals surface area (Å²) in [5, 5.41) is 6.07. The van der Waals surface area contributed by atoms with Crippen molar-refractivity contribution in [2.45, 2.75) is 20.8 Å². The summed E-state index contributed by atoms with van der Waals surface area (Å²) in [6.07, 6.45) is 3.14. The number of carbonyl (C=O) groups is 2. The topological polar surface area (TPSA) is 80.3 Å². The Hall–Kier alpha value is -3.67. The van der Waals surface area contributed by atoms with Gasteiger partial charge in [-0.05, 0) is 56.2 Å². The van der Waals surface area contributed by atoms with Gasteiger partial charge in [0.25, 0.3) is 5.91 Å². The Labute approximate surface area is 169 Å². The molecule has 1 aromatic heterocycles. The lowest BCUT2D eigenvalue weighted by Gasteiger charge is -2.13. The molecule has 0 aliphatic heterocycles. The van der Waals surface area contributed by atoms with Crippen LogP contribution in [0.1, 0.15) is 38.8 Å². The zero-order chi connectivity index (χ0) is 20.8. The maximum absolute atomic E-state index is 12.7. The van der Waals surface area contributed by atoms with Crippen molar-refractivity contribution in [1.82, 2.24) is 4.98 Å². The Bertz CT molecular complexity index is 1050. The maximum Gasteiger partial charge on any atom is 0.340 e. The Morgan fingerprint density at radius 3 is 2.55 bits per heavy atom. The van der Waals surface area contributed by atoms with E-state index in [9.17, 15) is 9.59 Å². The van der Waals surface area contributed by atoms with E-state index in [-0.39, 0.29) is 12.5 Å². The van der Waals surface area contributed by atoms with Crippen LogP contribution in [0, 0.1) is 13.8 Å². The van der Waals surface area contributed by atoms with E-state index in [1.54, 1.807) is 43.5 Å². The van der Waals surface area contributed by atoms with Gasteiger partial charge in [-0.3, -0.25) is 9.78 Å². The molecule has 0 aliphatic rings. The van der Waals surface area contributed by atoms with Gasteiger partial charge in [0.15, 0.2) is 0 Å². The molecule has 0 spiro atoms. The van der Waals surface area contributed by atoms with E-state index < -0.39 is 5.97 Å². The normalized spacial score (nSPS) is 10.3. The number of hydrogen-bond donors (Lipinski definition) is 2. The van der Waals surface area contributed by atoms with Crippen LogP contribution in [0.4, 0.5) is 17.1 Å². The van der Waals surface area contributed by atoms with Gasteiger partial charge in [0.1, 0.15) is 0 Å². The molecule has 0 fully saturated rings. The fourth-order valence-corrected chi connectivity index (χ4v) is 2.85. The largest absolute Gasteiger partial charge is 0.462 e. The average molecular weight is 389 g/mol. The van der Waals surface area contributed by atoms with Crippen molar-refractivity contribution >= 4 is 28.9 Å². The molecule has 6 heteroatoms. The second-order valence-corrected chi connectivity index (χ2v) is 6.55. The van der Waals surface area contributed by atoms with Crippen LogP contribution in [0.3, 0.4) is 0 Å². The summed E-state index contributed by atoms with van der Waals surface area (Å²) in [4.78, 5) is 29.0. The van der Waals surface area contributed by atoms with Crippen LogP contribution in [-0.2, 0) is 4.74 Å². The first-order chi connectivity index (χ1) is 14.0. The van der Waals surface area contributed by atoms with Crippen LogP contribution in [0.25, 0.3) is 0 Å². The molecule has 2 aromatic carbocycles. The van der Waals surface area contributed by atoms with Crippen LogP contribution >= 0.6 is 0 Å². The molecule has 0 atom stereocenters. The third-order valence-electron chi connectivity index (χ3n) is 4.55. The number of nitrogens with zero attached hydrogens (tertiary/aromatic N) is 1. The number of anilines is 3. The van der Waals surface area contributed by atoms with E-state index in [2.05, 4.69) is 15.6 Å². The summed E-state index contributed by atoms with van der Waals surface area (Å²) in [7, 11) is 0. The summed E-state index contributed by atoms with van der Waals surface area (Å²) in [5.41, 5.74) is 5.03. The van der Waals surface area contributed by atoms with E-state index in [4.69, 9.17) is 4.74 Å². The fraction of sp³-hybridized carbons (Fsp3) is 0.174. The third kappa shape index (κ3) is 4.79. The smallest absolute Gasteiger partial charge is 0.340 e. The number of amides is 1. The lowest BCUT2D eigenvalue weighted by molar-refractivity contribution is 0.0527. The zero-order valence-electron chi connectivity index (χ0n) is 16.7. The molecule has 0 aliphatic carbocycles. The quantitative estimate of drug-likeness (QED) is 0.588. The van der Waals surface area contributed by atoms with E-state index in [1.165, 1.54) is 11.8 Å². The summed E-state index contributed by atoms with van der Waals surface area (Å²) in [5.74, 6) is -0.842. The Kier molecular flexibility index (Phi) is 6.24. The van der Waals surface area contributed by atoms with E-state index in [1.807, 2.05) is 32.0 Å². The predicted molar refractivity (Wildman–Crippen MR) is 114 cm³/mol. The molecule has 2 N–H and O–H groups in total. The van der Waals surface area contributed by atoms with Gasteiger partial charge in [0.2, 0.25) is 0 Å². The molecule has 29 heavy (non-hydrogen) atoms. The molecule has 0 saturated carbocycles. The van der Waals surface area contributed by atoms with Crippen molar-refractivity contribution in [3.63, 3.8) is 0 Å². The molecule has 1 heterocycles. The van der Waals surface area contributed by atoms with Gasteiger partial charge >= 0.3 is 5.97 Å². The standard InChI is InChI=1S/C23H23N3O3/c1-4-29-23(28)19-9-5-6-10-21(19)26-22(27)17-12-18(14-24-13-17)25-20-11-7-8-15(2)16(20)3/h5-14,25H,4H2,1-3H3,(H,26,27). The molecule has 148 valence electrons. The first-order valence-corrected chi connectivity index (χ1v) is 9.35. The van der Waals surface area contributed by atoms with E-state index in [0.29, 0.717) is 22.5 Å². The van der Waals surface area contributed by atoms with Crippen molar-refractivity contribution in [3.8, 4) is 0 Å². The number of esters is 1. The van der Waals surface area contributed by atoms with Crippen LogP contribution in [-0.4, -0.2) is 23.5 Å². The van der Waals surface area contributed by atoms with Crippen molar-refractivity contribution < 1.29 is 14.3 Å². The number of nitrogens with one attached hydrogen (secondary N) is 2. The lowest BCUT2D eigenvalue weighted by Crippen LogP contribution is -2.16. The highest BCUT2D eigenvalue weighted by molar-refractivity contribution is 6.08. The van der Waals surface area contributed by atoms with Gasteiger partial charge in [-0.15, -0.1) is 0 Å². The highest BCUT2D eigenvalue weighted by atomic mass is 16.5. The Balaban J connectivity index is 1.80. The number of para-hydroxylation sites is 1. The first-order valence-electron chi connectivity index (χ1n) is 9.35. The zero-order valence-corrected chi connectivity index (χ0v) is 16.7. The monoisotopic (exact) mass is 389 g/mol. The maximum atomic E-state index is 12.7. The average Bonchev–Trinajstić information content (AvgIpc) is 2.72. The van der Waals surface area contributed by atoms with Crippen LogP contribution < -0.4 is 10.6 Å². The number of ether oxygens (including phenoxy) is 1. The van der Waals surface area contributed by atoms with Gasteiger partial charge in [-0.1, -0.05) is 24.3 Å². The predicted octanol–water partition coefficient (Wildman–Crippen LogP) is 4.87. The van der Waals surface area contributed by atoms with Crippen LogP contribution in [0.2, 0.25) is 0 Å². The summed E-state index contributed by atoms with van der Waals surface area (Å²) >= 11 is 0. The van der Waals surface area contributed by atoms with Gasteiger partial charge in [0.05, 0.1) is 35.3 Å². The number of hydrogen-bond acceptors (Lipinski definition) is 5. The van der Waals surface area contributed by atoms with Gasteiger partial charge < -0.3 is 15.4 Å². The van der Waals surface area contributed by atoms with Gasteiger partial charge in [-0.25, -0.2) is 4.79 Å². The molecule has 0 unspecified atom stereocenters. The van der Waals surface area contributed by atoms with Gasteiger partial charge in [-0.2, -0.15) is 0 Å². The van der Waals surface area contributed by atoms with Crippen LogP contribution in [0.5, 0.6) is 0 Å². The highest BCUT2D eigenvalue weighted by Gasteiger charge is 2.15. The minimum Gasteiger partial charge on any atom is -0.462 e. The van der Waals surface area contributed by atoms with Crippen LogP contribution in [0.15, 0.2) is 60.9 Å². The molecule has 0 radical (unpaired) electrons. The Morgan fingerprint density at radius 2 is 1.76 bits per heavy atom. The minimum absolute atomic E-state index is 0.261.